The Labute approximate surface area is 122 Å². The van der Waals surface area contributed by atoms with Crippen molar-refractivity contribution < 1.29 is 4.74 Å². The summed E-state index contributed by atoms with van der Waals surface area (Å²) in [7, 11) is 0. The van der Waals surface area contributed by atoms with Crippen LogP contribution in [0.5, 0.6) is 0 Å². The molecule has 1 rings (SSSR count). The van der Waals surface area contributed by atoms with E-state index in [1.54, 1.807) is 0 Å². The second-order valence-electron chi connectivity index (χ2n) is 5.19. The van der Waals surface area contributed by atoms with Gasteiger partial charge in [-0.1, -0.05) is 39.3 Å². The van der Waals surface area contributed by atoms with Crippen LogP contribution in [0.1, 0.15) is 52.2 Å². The lowest BCUT2D eigenvalue weighted by Gasteiger charge is -2.29. The molecule has 0 aliphatic rings. The van der Waals surface area contributed by atoms with E-state index in [4.69, 9.17) is 16.3 Å². The van der Waals surface area contributed by atoms with Crippen LogP contribution in [0, 0.1) is 5.41 Å². The Morgan fingerprint density at radius 1 is 1.28 bits per heavy atom. The second kappa shape index (κ2) is 6.31. The molecule has 0 saturated heterocycles. The summed E-state index contributed by atoms with van der Waals surface area (Å²) in [5, 5.41) is 0.450. The normalized spacial score (nSPS) is 13.7. The molecule has 0 bridgehead atoms. The minimum atomic E-state index is -0.154. The van der Waals surface area contributed by atoms with Crippen molar-refractivity contribution in [1.29, 1.82) is 0 Å². The highest BCUT2D eigenvalue weighted by molar-refractivity contribution is 9.10. The van der Waals surface area contributed by atoms with Crippen LogP contribution in [0.4, 0.5) is 0 Å². The highest BCUT2D eigenvalue weighted by Gasteiger charge is 2.30. The Hall–Kier alpha value is -0.190. The third-order valence-electron chi connectivity index (χ3n) is 2.59. The SMILES string of the molecule is CCOC(c1nc(Cl)c(Br)c(CC)n1)C(C)(C)C. The number of ether oxygens (including phenoxy) is 1. The van der Waals surface area contributed by atoms with Gasteiger partial charge in [0.05, 0.1) is 10.2 Å². The van der Waals surface area contributed by atoms with E-state index in [0.29, 0.717) is 17.6 Å². The summed E-state index contributed by atoms with van der Waals surface area (Å²) in [6, 6.07) is 0. The molecule has 1 unspecified atom stereocenters. The molecule has 18 heavy (non-hydrogen) atoms. The fraction of sp³-hybridized carbons (Fsp3) is 0.692. The number of aryl methyl sites for hydroxylation is 1. The van der Waals surface area contributed by atoms with Crippen molar-refractivity contribution in [3.63, 3.8) is 0 Å². The van der Waals surface area contributed by atoms with Crippen LogP contribution in [-0.4, -0.2) is 16.6 Å². The van der Waals surface area contributed by atoms with Gasteiger partial charge in [-0.2, -0.15) is 0 Å². The van der Waals surface area contributed by atoms with E-state index in [1.807, 2.05) is 13.8 Å². The molecule has 0 aliphatic carbocycles. The predicted molar refractivity (Wildman–Crippen MR) is 77.9 cm³/mol. The highest BCUT2D eigenvalue weighted by Crippen LogP contribution is 2.36. The lowest BCUT2D eigenvalue weighted by Crippen LogP contribution is -2.24. The fourth-order valence-electron chi connectivity index (χ4n) is 1.71. The second-order valence-corrected chi connectivity index (χ2v) is 6.34. The van der Waals surface area contributed by atoms with E-state index >= 15 is 0 Å². The van der Waals surface area contributed by atoms with Crippen LogP contribution < -0.4 is 0 Å². The summed E-state index contributed by atoms with van der Waals surface area (Å²) in [6.07, 6.45) is 0.650. The maximum absolute atomic E-state index is 6.14. The number of halogens is 2. The van der Waals surface area contributed by atoms with Gasteiger partial charge in [0.2, 0.25) is 0 Å². The molecule has 1 aromatic heterocycles. The molecule has 0 N–H and O–H groups in total. The topological polar surface area (TPSA) is 35.0 Å². The standard InChI is InChI=1S/C13H20BrClN2O/c1-6-8-9(14)11(15)17-12(16-8)10(18-7-2)13(3,4)5/h10H,6-7H2,1-5H3. The summed E-state index contributed by atoms with van der Waals surface area (Å²) in [5.41, 5.74) is 0.844. The van der Waals surface area contributed by atoms with Gasteiger partial charge in [-0.05, 0) is 34.7 Å². The van der Waals surface area contributed by atoms with E-state index in [-0.39, 0.29) is 11.5 Å². The highest BCUT2D eigenvalue weighted by atomic mass is 79.9. The number of hydrogen-bond donors (Lipinski definition) is 0. The van der Waals surface area contributed by atoms with Gasteiger partial charge in [-0.3, -0.25) is 0 Å². The van der Waals surface area contributed by atoms with Gasteiger partial charge in [-0.25, -0.2) is 9.97 Å². The number of nitrogens with zero attached hydrogens (tertiary/aromatic N) is 2. The van der Waals surface area contributed by atoms with Gasteiger partial charge < -0.3 is 4.74 Å². The molecule has 0 aliphatic heterocycles. The van der Waals surface area contributed by atoms with Gasteiger partial charge in [0.15, 0.2) is 5.82 Å². The predicted octanol–water partition coefficient (Wildman–Crippen LogP) is 4.58. The molecular formula is C13H20BrClN2O. The molecule has 1 aromatic rings. The van der Waals surface area contributed by atoms with Crippen LogP contribution in [0.3, 0.4) is 0 Å². The van der Waals surface area contributed by atoms with Gasteiger partial charge in [0.1, 0.15) is 11.3 Å². The number of aromatic nitrogens is 2. The lowest BCUT2D eigenvalue weighted by atomic mass is 9.88. The smallest absolute Gasteiger partial charge is 0.159 e. The molecule has 0 saturated carbocycles. The Balaban J connectivity index is 3.25. The first-order valence-corrected chi connectivity index (χ1v) is 7.31. The molecule has 0 aromatic carbocycles. The molecule has 0 spiro atoms. The Kier molecular flexibility index (Phi) is 5.56. The first-order chi connectivity index (χ1) is 8.31. The third kappa shape index (κ3) is 3.65. The molecule has 0 radical (unpaired) electrons. The van der Waals surface area contributed by atoms with Crippen molar-refractivity contribution in [1.82, 2.24) is 9.97 Å². The molecule has 1 heterocycles. The average molecular weight is 336 g/mol. The summed E-state index contributed by atoms with van der Waals surface area (Å²) >= 11 is 9.55. The Morgan fingerprint density at radius 3 is 2.33 bits per heavy atom. The molecule has 0 fully saturated rings. The minimum absolute atomic E-state index is 0.0713. The van der Waals surface area contributed by atoms with Gasteiger partial charge >= 0.3 is 0 Å². The maximum atomic E-state index is 6.14. The van der Waals surface area contributed by atoms with Crippen molar-refractivity contribution >= 4 is 27.5 Å². The zero-order chi connectivity index (χ0) is 13.9. The summed E-state index contributed by atoms with van der Waals surface area (Å²) in [6.45, 7) is 11.0. The van der Waals surface area contributed by atoms with Gasteiger partial charge in [-0.15, -0.1) is 0 Å². The van der Waals surface area contributed by atoms with Crippen molar-refractivity contribution in [2.45, 2.75) is 47.1 Å². The van der Waals surface area contributed by atoms with Crippen molar-refractivity contribution in [2.75, 3.05) is 6.61 Å². The van der Waals surface area contributed by atoms with E-state index in [2.05, 4.69) is 46.7 Å². The monoisotopic (exact) mass is 334 g/mol. The first-order valence-electron chi connectivity index (χ1n) is 6.14. The first kappa shape index (κ1) is 15.9. The van der Waals surface area contributed by atoms with E-state index in [9.17, 15) is 0 Å². The van der Waals surface area contributed by atoms with Crippen LogP contribution >= 0.6 is 27.5 Å². The summed E-state index contributed by atoms with van der Waals surface area (Å²) < 4.78 is 6.57. The van der Waals surface area contributed by atoms with E-state index in [1.165, 1.54) is 0 Å². The maximum Gasteiger partial charge on any atom is 0.159 e. The quantitative estimate of drug-likeness (QED) is 0.755. The van der Waals surface area contributed by atoms with Crippen LogP contribution in [-0.2, 0) is 11.2 Å². The summed E-state index contributed by atoms with van der Waals surface area (Å²) in [5.74, 6) is 0.661. The Morgan fingerprint density at radius 2 is 1.89 bits per heavy atom. The van der Waals surface area contributed by atoms with Gasteiger partial charge in [0, 0.05) is 6.61 Å². The van der Waals surface area contributed by atoms with Crippen LogP contribution in [0.2, 0.25) is 5.15 Å². The van der Waals surface area contributed by atoms with E-state index in [0.717, 1.165) is 16.6 Å². The molecule has 0 amide bonds. The molecule has 102 valence electrons. The molecule has 5 heteroatoms. The van der Waals surface area contributed by atoms with Crippen molar-refractivity contribution in [2.24, 2.45) is 5.41 Å². The zero-order valence-corrected chi connectivity index (χ0v) is 13.9. The average Bonchev–Trinajstić information content (AvgIpc) is 2.28. The number of hydrogen-bond acceptors (Lipinski definition) is 3. The van der Waals surface area contributed by atoms with Crippen molar-refractivity contribution in [3.05, 3.63) is 21.1 Å². The van der Waals surface area contributed by atoms with E-state index < -0.39 is 0 Å². The number of rotatable bonds is 4. The fourth-order valence-corrected chi connectivity index (χ4v) is 2.36. The molecule has 1 atom stereocenters. The van der Waals surface area contributed by atoms with Gasteiger partial charge in [0.25, 0.3) is 0 Å². The Bertz CT molecular complexity index is 418. The summed E-state index contributed by atoms with van der Waals surface area (Å²) in [4.78, 5) is 8.92. The third-order valence-corrected chi connectivity index (χ3v) is 3.92. The molecule has 3 nitrogen and oxygen atoms in total. The zero-order valence-electron chi connectivity index (χ0n) is 11.6. The minimum Gasteiger partial charge on any atom is -0.370 e. The van der Waals surface area contributed by atoms with Crippen LogP contribution in [0.25, 0.3) is 0 Å². The largest absolute Gasteiger partial charge is 0.370 e. The van der Waals surface area contributed by atoms with Crippen LogP contribution in [0.15, 0.2) is 4.47 Å². The van der Waals surface area contributed by atoms with Crippen molar-refractivity contribution in [3.8, 4) is 0 Å². The molecular weight excluding hydrogens is 316 g/mol. The lowest BCUT2D eigenvalue weighted by molar-refractivity contribution is -0.0192.